The molecule has 0 bridgehead atoms. The van der Waals surface area contributed by atoms with Crippen molar-refractivity contribution in [2.24, 2.45) is 0 Å². The quantitative estimate of drug-likeness (QED) is 0.854. The molecule has 0 N–H and O–H groups in total. The average molecular weight is 290 g/mol. The molecule has 0 aromatic heterocycles. The number of carbonyl (C=O) groups is 1. The number of hydrogen-bond acceptors (Lipinski definition) is 3. The Hall–Kier alpha value is -1.55. The lowest BCUT2D eigenvalue weighted by atomic mass is 9.88. The second kappa shape index (κ2) is 6.94. The molecule has 1 aliphatic carbocycles. The Labute approximate surface area is 127 Å². The molecule has 0 saturated heterocycles. The largest absolute Gasteiger partial charge is 0.497 e. The maximum Gasteiger partial charge on any atom is 0.254 e. The Morgan fingerprint density at radius 1 is 1.14 bits per heavy atom. The van der Waals surface area contributed by atoms with Crippen LogP contribution in [0.25, 0.3) is 0 Å². The predicted molar refractivity (Wildman–Crippen MR) is 84.8 cm³/mol. The summed E-state index contributed by atoms with van der Waals surface area (Å²) in [7, 11) is 7.75. The standard InChI is InChI=1S/C17H26N2O2/c1-18(2)15-10-5-6-11-16(15)19(3)17(20)13-8-7-9-14(12-13)21-4/h7-9,12,15-16H,5-6,10-11H2,1-4H3. The second-order valence-electron chi connectivity index (χ2n) is 6.03. The van der Waals surface area contributed by atoms with E-state index in [0.29, 0.717) is 11.6 Å². The molecule has 0 radical (unpaired) electrons. The number of ether oxygens (including phenoxy) is 1. The summed E-state index contributed by atoms with van der Waals surface area (Å²) in [5.41, 5.74) is 0.694. The Morgan fingerprint density at radius 2 is 1.81 bits per heavy atom. The van der Waals surface area contributed by atoms with Crippen LogP contribution in [0.5, 0.6) is 5.75 Å². The van der Waals surface area contributed by atoms with Gasteiger partial charge in [0.15, 0.2) is 0 Å². The van der Waals surface area contributed by atoms with Gasteiger partial charge in [-0.15, -0.1) is 0 Å². The topological polar surface area (TPSA) is 32.8 Å². The number of nitrogens with zero attached hydrogens (tertiary/aromatic N) is 2. The third-order valence-electron chi connectivity index (χ3n) is 4.49. The highest BCUT2D eigenvalue weighted by molar-refractivity contribution is 5.94. The van der Waals surface area contributed by atoms with Crippen LogP contribution in [0.2, 0.25) is 0 Å². The van der Waals surface area contributed by atoms with Gasteiger partial charge in [-0.25, -0.2) is 0 Å². The van der Waals surface area contributed by atoms with Gasteiger partial charge in [-0.05, 0) is 45.1 Å². The molecule has 2 unspecified atom stereocenters. The van der Waals surface area contributed by atoms with Crippen LogP contribution in [0.15, 0.2) is 24.3 Å². The van der Waals surface area contributed by atoms with E-state index in [1.807, 2.05) is 36.2 Å². The summed E-state index contributed by atoms with van der Waals surface area (Å²) < 4.78 is 5.21. The smallest absolute Gasteiger partial charge is 0.254 e. The van der Waals surface area contributed by atoms with Gasteiger partial charge in [-0.1, -0.05) is 18.9 Å². The van der Waals surface area contributed by atoms with Gasteiger partial charge in [0.2, 0.25) is 0 Å². The minimum Gasteiger partial charge on any atom is -0.497 e. The van der Waals surface area contributed by atoms with Crippen molar-refractivity contribution in [3.8, 4) is 5.75 Å². The lowest BCUT2D eigenvalue weighted by Gasteiger charge is -2.41. The van der Waals surface area contributed by atoms with Crippen LogP contribution in [-0.2, 0) is 0 Å². The molecule has 1 amide bonds. The highest BCUT2D eigenvalue weighted by Gasteiger charge is 2.32. The lowest BCUT2D eigenvalue weighted by molar-refractivity contribution is 0.0544. The van der Waals surface area contributed by atoms with Crippen molar-refractivity contribution in [1.82, 2.24) is 9.80 Å². The number of methoxy groups -OCH3 is 1. The maximum absolute atomic E-state index is 12.7. The minimum absolute atomic E-state index is 0.0765. The zero-order valence-electron chi connectivity index (χ0n) is 13.5. The van der Waals surface area contributed by atoms with Gasteiger partial charge in [-0.2, -0.15) is 0 Å². The van der Waals surface area contributed by atoms with E-state index in [2.05, 4.69) is 19.0 Å². The number of rotatable bonds is 4. The van der Waals surface area contributed by atoms with E-state index in [0.717, 1.165) is 18.6 Å². The third-order valence-corrected chi connectivity index (χ3v) is 4.49. The molecule has 4 nitrogen and oxygen atoms in total. The van der Waals surface area contributed by atoms with Gasteiger partial charge in [0.05, 0.1) is 7.11 Å². The van der Waals surface area contributed by atoms with Crippen LogP contribution in [0.3, 0.4) is 0 Å². The molecule has 1 aliphatic rings. The summed E-state index contributed by atoms with van der Waals surface area (Å²) in [6.07, 6.45) is 4.69. The number of amides is 1. The summed E-state index contributed by atoms with van der Waals surface area (Å²) in [4.78, 5) is 16.9. The molecule has 1 fully saturated rings. The molecule has 0 spiro atoms. The SMILES string of the molecule is COc1cccc(C(=O)N(C)C2CCCCC2N(C)C)c1. The summed E-state index contributed by atoms with van der Waals surface area (Å²) in [5.74, 6) is 0.801. The van der Waals surface area contributed by atoms with Crippen LogP contribution in [0, 0.1) is 0 Å². The maximum atomic E-state index is 12.7. The van der Waals surface area contributed by atoms with Crippen molar-refractivity contribution >= 4 is 5.91 Å². The molecular weight excluding hydrogens is 264 g/mol. The fourth-order valence-electron chi connectivity index (χ4n) is 3.26. The highest BCUT2D eigenvalue weighted by Crippen LogP contribution is 2.26. The number of hydrogen-bond donors (Lipinski definition) is 0. The first-order chi connectivity index (χ1) is 10.0. The zero-order valence-corrected chi connectivity index (χ0v) is 13.5. The molecule has 1 saturated carbocycles. The van der Waals surface area contributed by atoms with E-state index in [4.69, 9.17) is 4.74 Å². The van der Waals surface area contributed by atoms with Gasteiger partial charge in [0, 0.05) is 24.7 Å². The van der Waals surface area contributed by atoms with Crippen molar-refractivity contribution in [2.75, 3.05) is 28.3 Å². The molecule has 2 atom stereocenters. The molecule has 21 heavy (non-hydrogen) atoms. The first kappa shape index (κ1) is 15.8. The highest BCUT2D eigenvalue weighted by atomic mass is 16.5. The van der Waals surface area contributed by atoms with Gasteiger partial charge in [0.1, 0.15) is 5.75 Å². The van der Waals surface area contributed by atoms with Crippen molar-refractivity contribution in [3.05, 3.63) is 29.8 Å². The van der Waals surface area contributed by atoms with Crippen LogP contribution in [0.1, 0.15) is 36.0 Å². The Morgan fingerprint density at radius 3 is 2.43 bits per heavy atom. The number of benzene rings is 1. The number of likely N-dealkylation sites (N-methyl/N-ethyl adjacent to an activating group) is 2. The normalized spacial score (nSPS) is 22.1. The van der Waals surface area contributed by atoms with Crippen molar-refractivity contribution in [1.29, 1.82) is 0 Å². The summed E-state index contributed by atoms with van der Waals surface area (Å²) in [5, 5.41) is 0. The van der Waals surface area contributed by atoms with E-state index < -0.39 is 0 Å². The van der Waals surface area contributed by atoms with Crippen molar-refractivity contribution in [3.63, 3.8) is 0 Å². The van der Waals surface area contributed by atoms with Crippen LogP contribution >= 0.6 is 0 Å². The predicted octanol–water partition coefficient (Wildman–Crippen LogP) is 2.64. The fourth-order valence-corrected chi connectivity index (χ4v) is 3.26. The monoisotopic (exact) mass is 290 g/mol. The van der Waals surface area contributed by atoms with Crippen LogP contribution < -0.4 is 4.74 Å². The summed E-state index contributed by atoms with van der Waals surface area (Å²) >= 11 is 0. The van der Waals surface area contributed by atoms with Gasteiger partial charge in [-0.3, -0.25) is 4.79 Å². The summed E-state index contributed by atoms with van der Waals surface area (Å²) in [6.45, 7) is 0. The van der Waals surface area contributed by atoms with E-state index in [1.54, 1.807) is 7.11 Å². The molecule has 1 aromatic rings. The molecular formula is C17H26N2O2. The Balaban J connectivity index is 2.16. The number of carbonyl (C=O) groups excluding carboxylic acids is 1. The van der Waals surface area contributed by atoms with Gasteiger partial charge in [0.25, 0.3) is 5.91 Å². The second-order valence-corrected chi connectivity index (χ2v) is 6.03. The third kappa shape index (κ3) is 3.56. The molecule has 4 heteroatoms. The van der Waals surface area contributed by atoms with Crippen LogP contribution in [-0.4, -0.2) is 56.0 Å². The fraction of sp³-hybridized carbons (Fsp3) is 0.588. The van der Waals surface area contributed by atoms with Gasteiger partial charge >= 0.3 is 0 Å². The van der Waals surface area contributed by atoms with Crippen LogP contribution in [0.4, 0.5) is 0 Å². The molecule has 1 aromatic carbocycles. The van der Waals surface area contributed by atoms with E-state index in [1.165, 1.54) is 12.8 Å². The Bertz CT molecular complexity index is 487. The first-order valence-corrected chi connectivity index (χ1v) is 7.62. The Kier molecular flexibility index (Phi) is 5.23. The van der Waals surface area contributed by atoms with Crippen molar-refractivity contribution < 1.29 is 9.53 Å². The molecule has 116 valence electrons. The van der Waals surface area contributed by atoms with E-state index in [-0.39, 0.29) is 11.9 Å². The van der Waals surface area contributed by atoms with E-state index >= 15 is 0 Å². The van der Waals surface area contributed by atoms with Gasteiger partial charge < -0.3 is 14.5 Å². The molecule has 0 aliphatic heterocycles. The first-order valence-electron chi connectivity index (χ1n) is 7.62. The summed E-state index contributed by atoms with van der Waals surface area (Å²) in [6, 6.07) is 8.12. The van der Waals surface area contributed by atoms with Crippen molar-refractivity contribution in [2.45, 2.75) is 37.8 Å². The van der Waals surface area contributed by atoms with E-state index in [9.17, 15) is 4.79 Å². The molecule has 2 rings (SSSR count). The zero-order chi connectivity index (χ0) is 15.4. The minimum atomic E-state index is 0.0765. The average Bonchev–Trinajstić information content (AvgIpc) is 2.53. The lowest BCUT2D eigenvalue weighted by Crippen LogP contribution is -2.51. The molecule has 0 heterocycles.